The molecule has 0 spiro atoms. The summed E-state index contributed by atoms with van der Waals surface area (Å²) in [5.41, 5.74) is 1.41. The van der Waals surface area contributed by atoms with E-state index in [0.29, 0.717) is 30.2 Å². The second-order valence-electron chi connectivity index (χ2n) is 6.32. The molecule has 2 aromatic rings. The second-order valence-corrected chi connectivity index (χ2v) is 8.54. The zero-order chi connectivity index (χ0) is 18.7. The summed E-state index contributed by atoms with van der Waals surface area (Å²) in [7, 11) is -2.96. The van der Waals surface area contributed by atoms with Gasteiger partial charge in [-0.3, -0.25) is 0 Å². The number of hydrogen-bond acceptors (Lipinski definition) is 7. The average molecular weight is 371 g/mol. The molecule has 3 rings (SSSR count). The molecule has 1 aromatic carbocycles. The summed E-state index contributed by atoms with van der Waals surface area (Å²) >= 11 is 0. The van der Waals surface area contributed by atoms with Crippen LogP contribution in [0.5, 0.6) is 0 Å². The second kappa shape index (κ2) is 7.30. The molecule has 1 N–H and O–H groups in total. The first-order chi connectivity index (χ1) is 12.4. The molecule has 1 aliphatic heterocycles. The fraction of sp³-hybridized carbons (Fsp3) is 0.389. The lowest BCUT2D eigenvalue weighted by Crippen LogP contribution is -2.36. The van der Waals surface area contributed by atoms with Crippen molar-refractivity contribution >= 4 is 27.2 Å². The van der Waals surface area contributed by atoms with E-state index in [2.05, 4.69) is 21.4 Å². The quantitative estimate of drug-likeness (QED) is 0.861. The number of sulfone groups is 1. The summed E-state index contributed by atoms with van der Waals surface area (Å²) in [6.45, 7) is 4.48. The van der Waals surface area contributed by atoms with Crippen LogP contribution < -0.4 is 10.2 Å². The van der Waals surface area contributed by atoms with Crippen LogP contribution in [0.25, 0.3) is 0 Å². The van der Waals surface area contributed by atoms with Gasteiger partial charge in [0.15, 0.2) is 9.84 Å². The van der Waals surface area contributed by atoms with Gasteiger partial charge < -0.3 is 10.2 Å². The van der Waals surface area contributed by atoms with Gasteiger partial charge in [-0.15, -0.1) is 0 Å². The van der Waals surface area contributed by atoms with Gasteiger partial charge in [0.05, 0.1) is 23.1 Å². The first-order valence-electron chi connectivity index (χ1n) is 8.50. The Labute approximate surface area is 153 Å². The van der Waals surface area contributed by atoms with Crippen LogP contribution in [0.15, 0.2) is 30.3 Å². The maximum Gasteiger partial charge on any atom is 0.152 e. The van der Waals surface area contributed by atoms with E-state index in [1.54, 1.807) is 12.1 Å². The monoisotopic (exact) mass is 371 g/mol. The highest BCUT2D eigenvalue weighted by molar-refractivity contribution is 7.91. The Bertz CT molecular complexity index is 935. The smallest absolute Gasteiger partial charge is 0.152 e. The molecule has 136 valence electrons. The molecule has 1 unspecified atom stereocenters. The number of anilines is 3. The Morgan fingerprint density at radius 2 is 2.04 bits per heavy atom. The third-order valence-corrected chi connectivity index (χ3v) is 6.15. The van der Waals surface area contributed by atoms with E-state index in [9.17, 15) is 8.42 Å². The summed E-state index contributed by atoms with van der Waals surface area (Å²) in [6.07, 6.45) is 0.623. The number of aryl methyl sites for hydroxylation is 1. The van der Waals surface area contributed by atoms with E-state index < -0.39 is 9.84 Å². The van der Waals surface area contributed by atoms with Crippen LogP contribution >= 0.6 is 0 Å². The van der Waals surface area contributed by atoms with Gasteiger partial charge in [0.1, 0.15) is 17.5 Å². The SMILES string of the molecule is CCN(c1cc(Nc2ccc(C#N)cc2)nc(C)n1)C1CCS(=O)(=O)C1. The molecule has 0 amide bonds. The van der Waals surface area contributed by atoms with Gasteiger partial charge in [0, 0.05) is 24.3 Å². The van der Waals surface area contributed by atoms with Gasteiger partial charge in [0.25, 0.3) is 0 Å². The molecular formula is C18H21N5O2S. The maximum atomic E-state index is 11.8. The molecule has 2 heterocycles. The van der Waals surface area contributed by atoms with E-state index in [1.807, 2.05) is 36.9 Å². The minimum absolute atomic E-state index is 0.0536. The molecule has 1 saturated heterocycles. The lowest BCUT2D eigenvalue weighted by atomic mass is 10.2. The van der Waals surface area contributed by atoms with Gasteiger partial charge in [-0.05, 0) is 44.5 Å². The normalized spacial score (nSPS) is 18.3. The highest BCUT2D eigenvalue weighted by Gasteiger charge is 2.32. The van der Waals surface area contributed by atoms with Crippen molar-refractivity contribution in [3.8, 4) is 6.07 Å². The fourth-order valence-electron chi connectivity index (χ4n) is 3.17. The van der Waals surface area contributed by atoms with Gasteiger partial charge >= 0.3 is 0 Å². The van der Waals surface area contributed by atoms with Crippen LogP contribution in [0.1, 0.15) is 24.7 Å². The van der Waals surface area contributed by atoms with E-state index in [0.717, 1.165) is 11.5 Å². The molecule has 0 aliphatic carbocycles. The van der Waals surface area contributed by atoms with E-state index in [4.69, 9.17) is 5.26 Å². The van der Waals surface area contributed by atoms with Crippen molar-refractivity contribution in [1.82, 2.24) is 9.97 Å². The van der Waals surface area contributed by atoms with Crippen molar-refractivity contribution in [3.05, 3.63) is 41.7 Å². The van der Waals surface area contributed by atoms with Gasteiger partial charge in [0.2, 0.25) is 0 Å². The van der Waals surface area contributed by atoms with Crippen molar-refractivity contribution < 1.29 is 8.42 Å². The fourth-order valence-corrected chi connectivity index (χ4v) is 4.90. The Morgan fingerprint density at radius 3 is 2.62 bits per heavy atom. The Hall–Kier alpha value is -2.66. The molecule has 26 heavy (non-hydrogen) atoms. The number of nitriles is 1. The largest absolute Gasteiger partial charge is 0.353 e. The van der Waals surface area contributed by atoms with Crippen molar-refractivity contribution in [2.45, 2.75) is 26.3 Å². The lowest BCUT2D eigenvalue weighted by molar-refractivity contribution is 0.599. The lowest BCUT2D eigenvalue weighted by Gasteiger charge is -2.28. The summed E-state index contributed by atoms with van der Waals surface area (Å²) in [6, 6.07) is 11.0. The van der Waals surface area contributed by atoms with Crippen LogP contribution in [0.4, 0.5) is 17.3 Å². The molecule has 1 atom stereocenters. The zero-order valence-corrected chi connectivity index (χ0v) is 15.6. The van der Waals surface area contributed by atoms with Gasteiger partial charge in [-0.1, -0.05) is 0 Å². The molecule has 1 fully saturated rings. The summed E-state index contributed by atoms with van der Waals surface area (Å²) < 4.78 is 23.7. The number of nitrogens with one attached hydrogen (secondary N) is 1. The molecule has 8 heteroatoms. The van der Waals surface area contributed by atoms with Crippen LogP contribution in [0, 0.1) is 18.3 Å². The van der Waals surface area contributed by atoms with E-state index >= 15 is 0 Å². The van der Waals surface area contributed by atoms with Crippen molar-refractivity contribution in [1.29, 1.82) is 5.26 Å². The Kier molecular flexibility index (Phi) is 5.09. The highest BCUT2D eigenvalue weighted by Crippen LogP contribution is 2.25. The molecule has 1 aliphatic rings. The molecule has 0 saturated carbocycles. The third kappa shape index (κ3) is 4.11. The van der Waals surface area contributed by atoms with Crippen molar-refractivity contribution in [2.75, 3.05) is 28.3 Å². The summed E-state index contributed by atoms with van der Waals surface area (Å²) in [5.74, 6) is 2.37. The molecule has 7 nitrogen and oxygen atoms in total. The number of benzene rings is 1. The maximum absolute atomic E-state index is 11.8. The molecule has 0 bridgehead atoms. The number of aromatic nitrogens is 2. The van der Waals surface area contributed by atoms with Crippen molar-refractivity contribution in [3.63, 3.8) is 0 Å². The molecular weight excluding hydrogens is 350 g/mol. The zero-order valence-electron chi connectivity index (χ0n) is 14.8. The highest BCUT2D eigenvalue weighted by atomic mass is 32.2. The summed E-state index contributed by atoms with van der Waals surface area (Å²) in [5, 5.41) is 12.1. The van der Waals surface area contributed by atoms with Gasteiger partial charge in [-0.2, -0.15) is 5.26 Å². The van der Waals surface area contributed by atoms with Crippen LogP contribution in [-0.2, 0) is 9.84 Å². The van der Waals surface area contributed by atoms with Crippen LogP contribution in [0.3, 0.4) is 0 Å². The van der Waals surface area contributed by atoms with E-state index in [1.165, 1.54) is 0 Å². The average Bonchev–Trinajstić information content (AvgIpc) is 2.95. The standard InChI is InChI=1S/C18H21N5O2S/c1-3-23(16-8-9-26(24,25)12-16)18-10-17(20-13(2)21-18)22-15-6-4-14(11-19)5-7-15/h4-7,10,16H,3,8-9,12H2,1-2H3,(H,20,21,22). The Morgan fingerprint density at radius 1 is 1.31 bits per heavy atom. The topological polar surface area (TPSA) is 99.0 Å². The van der Waals surface area contributed by atoms with E-state index in [-0.39, 0.29) is 17.5 Å². The Balaban J connectivity index is 1.85. The predicted octanol–water partition coefficient (Wildman–Crippen LogP) is 2.41. The minimum atomic E-state index is -2.96. The molecule has 1 aromatic heterocycles. The first-order valence-corrected chi connectivity index (χ1v) is 10.3. The van der Waals surface area contributed by atoms with Crippen molar-refractivity contribution in [2.24, 2.45) is 0 Å². The van der Waals surface area contributed by atoms with Gasteiger partial charge in [-0.25, -0.2) is 18.4 Å². The number of hydrogen-bond donors (Lipinski definition) is 1. The van der Waals surface area contributed by atoms with Crippen LogP contribution in [0.2, 0.25) is 0 Å². The number of rotatable bonds is 5. The third-order valence-electron chi connectivity index (χ3n) is 4.39. The summed E-state index contributed by atoms with van der Waals surface area (Å²) in [4.78, 5) is 10.9. The number of nitrogens with zero attached hydrogens (tertiary/aromatic N) is 4. The molecule has 0 radical (unpaired) electrons. The van der Waals surface area contributed by atoms with Crippen LogP contribution in [-0.4, -0.2) is 42.5 Å². The first kappa shape index (κ1) is 18.1. The minimum Gasteiger partial charge on any atom is -0.353 e. The predicted molar refractivity (Wildman–Crippen MR) is 101 cm³/mol.